The van der Waals surface area contributed by atoms with Gasteiger partial charge in [0.15, 0.2) is 5.78 Å². The molecule has 2 heterocycles. The Balaban J connectivity index is 2.12. The zero-order valence-electron chi connectivity index (χ0n) is 16.3. The van der Waals surface area contributed by atoms with E-state index in [-0.39, 0.29) is 34.6 Å². The molecule has 0 radical (unpaired) electrons. The maximum atomic E-state index is 13.7. The summed E-state index contributed by atoms with van der Waals surface area (Å²) < 4.78 is 10.7. The maximum Gasteiger partial charge on any atom is 0.340 e. The van der Waals surface area contributed by atoms with Crippen molar-refractivity contribution in [2.75, 3.05) is 19.1 Å². The Labute approximate surface area is 162 Å². The number of para-hydroxylation sites is 1. The molecule has 2 aliphatic heterocycles. The van der Waals surface area contributed by atoms with Crippen LogP contribution in [0.1, 0.15) is 32.3 Å². The van der Waals surface area contributed by atoms with Crippen molar-refractivity contribution < 1.29 is 23.9 Å². The summed E-state index contributed by atoms with van der Waals surface area (Å²) in [5.41, 5.74) is 5.38. The number of benzene rings is 1. The first-order valence-electron chi connectivity index (χ1n) is 9.06. The molecule has 146 valence electrons. The topological polar surface area (TPSA) is 98.9 Å². The fraction of sp³-hybridized carbons (Fsp3) is 0.381. The largest absolute Gasteiger partial charge is 0.465 e. The number of allylic oxidation sites excluding steroid dienone is 1. The van der Waals surface area contributed by atoms with Crippen LogP contribution in [0.15, 0.2) is 47.1 Å². The Bertz CT molecular complexity index is 1000. The number of carbonyl (C=O) groups is 3. The summed E-state index contributed by atoms with van der Waals surface area (Å²) in [6, 6.07) is 7.09. The average molecular weight is 382 g/mol. The predicted octanol–water partition coefficient (Wildman–Crippen LogP) is 1.92. The smallest absolute Gasteiger partial charge is 0.340 e. The zero-order valence-corrected chi connectivity index (χ0v) is 16.3. The van der Waals surface area contributed by atoms with Crippen molar-refractivity contribution in [1.82, 2.24) is 0 Å². The minimum Gasteiger partial charge on any atom is -0.465 e. The van der Waals surface area contributed by atoms with E-state index in [2.05, 4.69) is 0 Å². The van der Waals surface area contributed by atoms with Crippen LogP contribution in [-0.4, -0.2) is 31.8 Å². The van der Waals surface area contributed by atoms with Gasteiger partial charge in [-0.2, -0.15) is 0 Å². The fourth-order valence-corrected chi connectivity index (χ4v) is 4.66. The third-order valence-corrected chi connectivity index (χ3v) is 5.75. The summed E-state index contributed by atoms with van der Waals surface area (Å²) in [5.74, 6) is -1.28. The molecule has 0 fully saturated rings. The van der Waals surface area contributed by atoms with Crippen molar-refractivity contribution in [3.63, 3.8) is 0 Å². The van der Waals surface area contributed by atoms with E-state index in [9.17, 15) is 14.4 Å². The van der Waals surface area contributed by atoms with Gasteiger partial charge in [-0.3, -0.25) is 9.59 Å². The van der Waals surface area contributed by atoms with E-state index >= 15 is 0 Å². The van der Waals surface area contributed by atoms with E-state index in [0.717, 1.165) is 0 Å². The van der Waals surface area contributed by atoms with E-state index < -0.39 is 17.3 Å². The molecule has 1 aliphatic carbocycles. The number of fused-ring (bicyclic) bond motifs is 3. The van der Waals surface area contributed by atoms with Crippen LogP contribution in [0.3, 0.4) is 0 Å². The number of amides is 1. The van der Waals surface area contributed by atoms with E-state index in [0.29, 0.717) is 23.4 Å². The summed E-state index contributed by atoms with van der Waals surface area (Å²) >= 11 is 0. The van der Waals surface area contributed by atoms with E-state index in [1.165, 1.54) is 12.0 Å². The van der Waals surface area contributed by atoms with Crippen LogP contribution in [0.25, 0.3) is 0 Å². The van der Waals surface area contributed by atoms with Crippen molar-refractivity contribution in [2.45, 2.75) is 32.1 Å². The number of nitrogens with two attached hydrogens (primary N) is 1. The van der Waals surface area contributed by atoms with E-state index in [1.807, 2.05) is 13.8 Å². The summed E-state index contributed by atoms with van der Waals surface area (Å²) in [6.07, 6.45) is 0.675. The van der Waals surface area contributed by atoms with Gasteiger partial charge in [-0.15, -0.1) is 0 Å². The van der Waals surface area contributed by atoms with Crippen LogP contribution < -0.4 is 10.6 Å². The van der Waals surface area contributed by atoms with Crippen molar-refractivity contribution in [3.05, 3.63) is 52.6 Å². The first-order chi connectivity index (χ1) is 13.1. The number of Topliss-reactive ketones (excluding diaryl/α,β-unsaturated/α-hetero) is 1. The SMILES string of the molecule is COC(=O)C1=C(N)OC2=C(C(=O)CC(C)(C)C2)C12C(=O)N(C)c1ccccc12. The number of ether oxygens (including phenoxy) is 2. The number of hydrogen-bond donors (Lipinski definition) is 1. The molecule has 0 bridgehead atoms. The minimum absolute atomic E-state index is 0.136. The quantitative estimate of drug-likeness (QED) is 0.745. The van der Waals surface area contributed by atoms with Gasteiger partial charge in [0.1, 0.15) is 16.7 Å². The Kier molecular flexibility index (Phi) is 3.72. The summed E-state index contributed by atoms with van der Waals surface area (Å²) in [5, 5.41) is 0. The Morgan fingerprint density at radius 1 is 1.21 bits per heavy atom. The molecule has 2 N–H and O–H groups in total. The van der Waals surface area contributed by atoms with Gasteiger partial charge in [0.25, 0.3) is 0 Å². The van der Waals surface area contributed by atoms with Gasteiger partial charge in [0.05, 0.1) is 12.7 Å². The normalized spacial score (nSPS) is 25.6. The van der Waals surface area contributed by atoms with Crippen molar-refractivity contribution in [2.24, 2.45) is 11.1 Å². The standard InChI is InChI=1S/C21H22N2O5/c1-20(2)9-13(24)15-14(10-20)28-17(22)16(18(25)27-4)21(15)11-7-5-6-8-12(11)23(3)19(21)26/h5-8H,9-10,22H2,1-4H3. The molecule has 1 aromatic carbocycles. The second-order valence-corrected chi connectivity index (χ2v) is 8.20. The molecule has 1 amide bonds. The molecule has 4 rings (SSSR count). The molecule has 1 spiro atoms. The number of nitrogens with zero attached hydrogens (tertiary/aromatic N) is 1. The lowest BCUT2D eigenvalue weighted by Gasteiger charge is -2.42. The lowest BCUT2D eigenvalue weighted by molar-refractivity contribution is -0.139. The Hall–Kier alpha value is -3.09. The monoisotopic (exact) mass is 382 g/mol. The summed E-state index contributed by atoms with van der Waals surface area (Å²) in [4.78, 5) is 41.2. The van der Waals surface area contributed by atoms with E-state index in [4.69, 9.17) is 15.2 Å². The number of carbonyl (C=O) groups excluding carboxylic acids is 3. The Morgan fingerprint density at radius 3 is 2.57 bits per heavy atom. The second kappa shape index (κ2) is 5.70. The van der Waals surface area contributed by atoms with Gasteiger partial charge in [0, 0.05) is 31.1 Å². The average Bonchev–Trinajstić information content (AvgIpc) is 2.83. The molecule has 0 aromatic heterocycles. The van der Waals surface area contributed by atoms with Gasteiger partial charge in [-0.25, -0.2) is 4.79 Å². The van der Waals surface area contributed by atoms with Crippen molar-refractivity contribution in [3.8, 4) is 0 Å². The number of rotatable bonds is 1. The first-order valence-corrected chi connectivity index (χ1v) is 9.06. The van der Waals surface area contributed by atoms with Crippen molar-refractivity contribution in [1.29, 1.82) is 0 Å². The Morgan fingerprint density at radius 2 is 1.89 bits per heavy atom. The van der Waals surface area contributed by atoms with Crippen LogP contribution in [0, 0.1) is 5.41 Å². The third kappa shape index (κ3) is 2.13. The molecule has 7 nitrogen and oxygen atoms in total. The molecular formula is C21H22N2O5. The molecule has 28 heavy (non-hydrogen) atoms. The van der Waals surface area contributed by atoms with E-state index in [1.54, 1.807) is 31.3 Å². The minimum atomic E-state index is -1.65. The molecule has 7 heteroatoms. The highest BCUT2D eigenvalue weighted by atomic mass is 16.5. The van der Waals surface area contributed by atoms with Gasteiger partial charge >= 0.3 is 5.97 Å². The van der Waals surface area contributed by atoms with Crippen LogP contribution in [0.4, 0.5) is 5.69 Å². The van der Waals surface area contributed by atoms with Gasteiger partial charge < -0.3 is 20.1 Å². The number of methoxy groups -OCH3 is 1. The van der Waals surface area contributed by atoms with Crippen LogP contribution in [-0.2, 0) is 29.3 Å². The predicted molar refractivity (Wildman–Crippen MR) is 101 cm³/mol. The lowest BCUT2D eigenvalue weighted by Crippen LogP contribution is -2.51. The molecule has 0 saturated carbocycles. The van der Waals surface area contributed by atoms with Crippen molar-refractivity contribution >= 4 is 23.3 Å². The molecule has 1 unspecified atom stereocenters. The fourth-order valence-electron chi connectivity index (χ4n) is 4.66. The number of esters is 1. The molecule has 0 saturated heterocycles. The number of likely N-dealkylation sites (N-methyl/N-ethyl adjacent to an activating group) is 1. The highest BCUT2D eigenvalue weighted by molar-refractivity contribution is 6.23. The number of anilines is 1. The molecule has 1 aromatic rings. The highest BCUT2D eigenvalue weighted by Crippen LogP contribution is 2.57. The summed E-state index contributed by atoms with van der Waals surface area (Å²) in [7, 11) is 2.83. The maximum absolute atomic E-state index is 13.7. The molecule has 3 aliphatic rings. The van der Waals surface area contributed by atoms with Crippen LogP contribution >= 0.6 is 0 Å². The highest BCUT2D eigenvalue weighted by Gasteiger charge is 2.64. The second-order valence-electron chi connectivity index (χ2n) is 8.20. The van der Waals surface area contributed by atoms with Crippen LogP contribution in [0.5, 0.6) is 0 Å². The van der Waals surface area contributed by atoms with Gasteiger partial charge in [0.2, 0.25) is 11.8 Å². The number of hydrogen-bond acceptors (Lipinski definition) is 6. The summed E-state index contributed by atoms with van der Waals surface area (Å²) in [6.45, 7) is 3.91. The van der Waals surface area contributed by atoms with Crippen LogP contribution in [0.2, 0.25) is 0 Å². The molecule has 1 atom stereocenters. The third-order valence-electron chi connectivity index (χ3n) is 5.75. The molecular weight excluding hydrogens is 360 g/mol. The first kappa shape index (κ1) is 18.3. The number of ketones is 1. The van der Waals surface area contributed by atoms with Gasteiger partial charge in [-0.1, -0.05) is 32.0 Å². The van der Waals surface area contributed by atoms with Gasteiger partial charge in [-0.05, 0) is 11.5 Å². The zero-order chi connectivity index (χ0) is 20.4. The lowest BCUT2D eigenvalue weighted by atomic mass is 9.62.